The predicted octanol–water partition coefficient (Wildman–Crippen LogP) is 3.76. The molecule has 29 heavy (non-hydrogen) atoms. The Hall–Kier alpha value is -3.43. The molecule has 0 radical (unpaired) electrons. The summed E-state index contributed by atoms with van der Waals surface area (Å²) >= 11 is 5.98. The highest BCUT2D eigenvalue weighted by molar-refractivity contribution is 6.31. The molecule has 0 aliphatic heterocycles. The van der Waals surface area contributed by atoms with Crippen molar-refractivity contribution in [3.8, 4) is 23.3 Å². The van der Waals surface area contributed by atoms with E-state index in [1.807, 2.05) is 0 Å². The summed E-state index contributed by atoms with van der Waals surface area (Å²) in [6, 6.07) is 9.93. The van der Waals surface area contributed by atoms with Gasteiger partial charge in [-0.15, -0.1) is 5.92 Å². The van der Waals surface area contributed by atoms with Gasteiger partial charge in [0.05, 0.1) is 18.4 Å². The van der Waals surface area contributed by atoms with Crippen molar-refractivity contribution in [2.45, 2.75) is 6.92 Å². The van der Waals surface area contributed by atoms with Crippen LogP contribution in [0.15, 0.2) is 42.5 Å². The van der Waals surface area contributed by atoms with Crippen molar-refractivity contribution in [3.63, 3.8) is 0 Å². The van der Waals surface area contributed by atoms with Gasteiger partial charge in [-0.2, -0.15) is 0 Å². The number of rotatable bonds is 7. The molecule has 0 aliphatic carbocycles. The van der Waals surface area contributed by atoms with Crippen molar-refractivity contribution in [1.82, 2.24) is 5.32 Å². The lowest BCUT2D eigenvalue weighted by molar-refractivity contribution is -0.111. The monoisotopic (exact) mass is 412 g/mol. The quantitative estimate of drug-likeness (QED) is 0.536. The molecule has 2 amide bonds. The topological polar surface area (TPSA) is 76.7 Å². The van der Waals surface area contributed by atoms with Crippen molar-refractivity contribution in [1.29, 1.82) is 0 Å². The first kappa shape index (κ1) is 21.9. The van der Waals surface area contributed by atoms with E-state index in [1.54, 1.807) is 50.4 Å². The zero-order valence-electron chi connectivity index (χ0n) is 16.3. The van der Waals surface area contributed by atoms with E-state index in [0.717, 1.165) is 5.56 Å². The summed E-state index contributed by atoms with van der Waals surface area (Å²) in [5.41, 5.74) is 1.37. The van der Waals surface area contributed by atoms with Gasteiger partial charge >= 0.3 is 0 Å². The molecule has 2 aromatic rings. The molecule has 0 aliphatic rings. The Balaban J connectivity index is 2.17. The fourth-order valence-electron chi connectivity index (χ4n) is 2.39. The fraction of sp³-hybridized carbons (Fsp3) is 0.182. The number of amides is 2. The molecule has 7 heteroatoms. The van der Waals surface area contributed by atoms with Crippen LogP contribution in [0, 0.1) is 11.8 Å². The van der Waals surface area contributed by atoms with Crippen LogP contribution in [0.2, 0.25) is 5.02 Å². The molecular weight excluding hydrogens is 392 g/mol. The number of hydrogen-bond donors (Lipinski definition) is 2. The second kappa shape index (κ2) is 10.8. The van der Waals surface area contributed by atoms with Crippen LogP contribution in [-0.2, 0) is 4.79 Å². The average molecular weight is 413 g/mol. The standard InChI is InChI=1S/C22H21ClN2O4/c1-4-5-12-29-20-13-15(6-10-19(20)28-3)7-11-21(26)25-18-14-16(23)8-9-17(18)22(27)24-2/h6-11,13-14H,12H2,1-3H3,(H,24,27)(H,25,26). The molecule has 0 spiro atoms. The molecule has 0 aromatic heterocycles. The van der Waals surface area contributed by atoms with E-state index in [4.69, 9.17) is 21.1 Å². The Morgan fingerprint density at radius 2 is 1.97 bits per heavy atom. The van der Waals surface area contributed by atoms with E-state index < -0.39 is 5.91 Å². The van der Waals surface area contributed by atoms with Gasteiger partial charge in [-0.25, -0.2) is 0 Å². The van der Waals surface area contributed by atoms with Crippen molar-refractivity contribution in [2.75, 3.05) is 26.1 Å². The Bertz CT molecular complexity index is 990. The lowest BCUT2D eigenvalue weighted by atomic mass is 10.1. The van der Waals surface area contributed by atoms with E-state index >= 15 is 0 Å². The summed E-state index contributed by atoms with van der Waals surface area (Å²) in [6.45, 7) is 1.96. The summed E-state index contributed by atoms with van der Waals surface area (Å²) in [6.07, 6.45) is 2.98. The van der Waals surface area contributed by atoms with E-state index in [9.17, 15) is 9.59 Å². The van der Waals surface area contributed by atoms with Gasteiger partial charge in [0.2, 0.25) is 5.91 Å². The van der Waals surface area contributed by atoms with Crippen LogP contribution < -0.4 is 20.1 Å². The van der Waals surface area contributed by atoms with Crippen LogP contribution in [0.25, 0.3) is 6.08 Å². The number of ether oxygens (including phenoxy) is 2. The van der Waals surface area contributed by atoms with Crippen LogP contribution in [0.4, 0.5) is 5.69 Å². The minimum atomic E-state index is -0.410. The van der Waals surface area contributed by atoms with Crippen LogP contribution in [0.5, 0.6) is 11.5 Å². The van der Waals surface area contributed by atoms with Crippen molar-refractivity contribution in [2.24, 2.45) is 0 Å². The molecule has 6 nitrogen and oxygen atoms in total. The first-order valence-electron chi connectivity index (χ1n) is 8.69. The smallest absolute Gasteiger partial charge is 0.253 e. The molecular formula is C22H21ClN2O4. The third-order valence-corrected chi connectivity index (χ3v) is 4.04. The summed E-state index contributed by atoms with van der Waals surface area (Å²) in [7, 11) is 3.06. The molecule has 0 fully saturated rings. The predicted molar refractivity (Wildman–Crippen MR) is 114 cm³/mol. The van der Waals surface area contributed by atoms with Crippen LogP contribution in [0.3, 0.4) is 0 Å². The summed E-state index contributed by atoms with van der Waals surface area (Å²) < 4.78 is 10.9. The highest BCUT2D eigenvalue weighted by atomic mass is 35.5. The number of carbonyl (C=O) groups excluding carboxylic acids is 2. The zero-order chi connectivity index (χ0) is 21.2. The number of carbonyl (C=O) groups is 2. The van der Waals surface area contributed by atoms with Gasteiger partial charge in [0.1, 0.15) is 6.61 Å². The first-order chi connectivity index (χ1) is 14.0. The largest absolute Gasteiger partial charge is 0.493 e. The van der Waals surface area contributed by atoms with Gasteiger partial charge in [-0.1, -0.05) is 23.6 Å². The lowest BCUT2D eigenvalue weighted by Gasteiger charge is -2.10. The minimum absolute atomic E-state index is 0.234. The third kappa shape index (κ3) is 6.30. The molecule has 0 heterocycles. The lowest BCUT2D eigenvalue weighted by Crippen LogP contribution is -2.20. The van der Waals surface area contributed by atoms with E-state index in [-0.39, 0.29) is 12.5 Å². The molecule has 0 bridgehead atoms. The summed E-state index contributed by atoms with van der Waals surface area (Å²) in [5, 5.41) is 5.60. The Kier molecular flexibility index (Phi) is 8.13. The number of methoxy groups -OCH3 is 1. The summed E-state index contributed by atoms with van der Waals surface area (Å²) in [4.78, 5) is 24.3. The Morgan fingerprint density at radius 1 is 1.17 bits per heavy atom. The van der Waals surface area contributed by atoms with E-state index in [1.165, 1.54) is 19.2 Å². The molecule has 2 aromatic carbocycles. The molecule has 0 saturated heterocycles. The zero-order valence-corrected chi connectivity index (χ0v) is 17.1. The maximum atomic E-state index is 12.3. The third-order valence-electron chi connectivity index (χ3n) is 3.80. The van der Waals surface area contributed by atoms with Gasteiger partial charge in [0.25, 0.3) is 5.91 Å². The second-order valence-electron chi connectivity index (χ2n) is 5.72. The number of nitrogens with one attached hydrogen (secondary N) is 2. The van der Waals surface area contributed by atoms with Gasteiger partial charge in [0.15, 0.2) is 11.5 Å². The molecule has 0 atom stereocenters. The minimum Gasteiger partial charge on any atom is -0.493 e. The van der Waals surface area contributed by atoms with Crippen molar-refractivity contribution in [3.05, 3.63) is 58.6 Å². The normalized spacial score (nSPS) is 10.1. The highest BCUT2D eigenvalue weighted by Gasteiger charge is 2.12. The van der Waals surface area contributed by atoms with Crippen LogP contribution in [-0.4, -0.2) is 32.6 Å². The SMILES string of the molecule is CC#CCOc1cc(C=CC(=O)Nc2cc(Cl)ccc2C(=O)NC)ccc1OC. The molecule has 2 N–H and O–H groups in total. The number of anilines is 1. The van der Waals surface area contributed by atoms with E-state index in [2.05, 4.69) is 22.5 Å². The van der Waals surface area contributed by atoms with Gasteiger partial charge in [-0.3, -0.25) is 9.59 Å². The Morgan fingerprint density at radius 3 is 2.66 bits per heavy atom. The maximum absolute atomic E-state index is 12.3. The van der Waals surface area contributed by atoms with E-state index in [0.29, 0.717) is 27.8 Å². The second-order valence-corrected chi connectivity index (χ2v) is 6.15. The molecule has 0 saturated carbocycles. The highest BCUT2D eigenvalue weighted by Crippen LogP contribution is 2.28. The van der Waals surface area contributed by atoms with Crippen molar-refractivity contribution >= 4 is 35.2 Å². The number of halogens is 1. The van der Waals surface area contributed by atoms with Gasteiger partial charge in [0, 0.05) is 18.1 Å². The molecule has 150 valence electrons. The molecule has 2 rings (SSSR count). The van der Waals surface area contributed by atoms with Gasteiger partial charge in [-0.05, 0) is 48.9 Å². The number of hydrogen-bond acceptors (Lipinski definition) is 4. The van der Waals surface area contributed by atoms with Crippen LogP contribution in [0.1, 0.15) is 22.8 Å². The maximum Gasteiger partial charge on any atom is 0.253 e. The fourth-order valence-corrected chi connectivity index (χ4v) is 2.57. The van der Waals surface area contributed by atoms with Crippen molar-refractivity contribution < 1.29 is 19.1 Å². The molecule has 0 unspecified atom stereocenters. The number of benzene rings is 2. The Labute approximate surface area is 174 Å². The first-order valence-corrected chi connectivity index (χ1v) is 9.07. The summed E-state index contributed by atoms with van der Waals surface area (Å²) in [5.74, 6) is 5.92. The average Bonchev–Trinajstić information content (AvgIpc) is 2.72. The van der Waals surface area contributed by atoms with Gasteiger partial charge < -0.3 is 20.1 Å². The van der Waals surface area contributed by atoms with Crippen LogP contribution >= 0.6 is 11.6 Å².